The molecular weight excluding hydrogens is 304 g/mol. The Morgan fingerprint density at radius 3 is 1.67 bits per heavy atom. The summed E-state index contributed by atoms with van der Waals surface area (Å²) in [7, 11) is 0. The van der Waals surface area contributed by atoms with Crippen molar-refractivity contribution in [1.82, 2.24) is 0 Å². The molecule has 3 aromatic rings. The highest BCUT2D eigenvalue weighted by atomic mass is 16.3. The number of phenols is 2. The summed E-state index contributed by atoms with van der Waals surface area (Å²) in [5.41, 5.74) is 0.813. The molecule has 24 heavy (non-hydrogen) atoms. The topological polar surface area (TPSA) is 74.6 Å². The van der Waals surface area contributed by atoms with Crippen molar-refractivity contribution >= 4 is 11.6 Å². The lowest BCUT2D eigenvalue weighted by Gasteiger charge is -2.09. The Hall–Kier alpha value is -3.40. The van der Waals surface area contributed by atoms with Gasteiger partial charge in [0.1, 0.15) is 0 Å². The third kappa shape index (κ3) is 2.90. The lowest BCUT2D eigenvalue weighted by molar-refractivity contribution is 0.103. The summed E-state index contributed by atoms with van der Waals surface area (Å²) in [5, 5.41) is 19.9. The monoisotopic (exact) mass is 318 g/mol. The molecule has 3 aromatic carbocycles. The minimum atomic E-state index is -0.534. The van der Waals surface area contributed by atoms with Crippen molar-refractivity contribution in [1.29, 1.82) is 0 Å². The number of carbonyl (C=O) groups is 2. The predicted molar refractivity (Wildman–Crippen MR) is 89.5 cm³/mol. The van der Waals surface area contributed by atoms with Gasteiger partial charge >= 0.3 is 0 Å². The average Bonchev–Trinajstić information content (AvgIpc) is 2.64. The average molecular weight is 318 g/mol. The molecule has 0 amide bonds. The number of ketones is 2. The van der Waals surface area contributed by atoms with E-state index in [-0.39, 0.29) is 16.9 Å². The van der Waals surface area contributed by atoms with E-state index in [1.165, 1.54) is 6.07 Å². The van der Waals surface area contributed by atoms with Gasteiger partial charge < -0.3 is 10.2 Å². The maximum atomic E-state index is 12.5. The molecule has 3 rings (SSSR count). The number of benzene rings is 3. The molecule has 0 fully saturated rings. The molecule has 0 aliphatic rings. The van der Waals surface area contributed by atoms with Gasteiger partial charge in [-0.15, -0.1) is 0 Å². The van der Waals surface area contributed by atoms with E-state index in [9.17, 15) is 19.8 Å². The van der Waals surface area contributed by atoms with Gasteiger partial charge in [-0.05, 0) is 12.1 Å². The van der Waals surface area contributed by atoms with Crippen LogP contribution in [0.25, 0.3) is 0 Å². The third-order valence-electron chi connectivity index (χ3n) is 3.67. The van der Waals surface area contributed by atoms with Crippen molar-refractivity contribution in [2.75, 3.05) is 0 Å². The molecule has 4 nitrogen and oxygen atoms in total. The highest BCUT2D eigenvalue weighted by molar-refractivity contribution is 6.14. The van der Waals surface area contributed by atoms with E-state index in [2.05, 4.69) is 0 Å². The Bertz CT molecular complexity index is 900. The zero-order valence-electron chi connectivity index (χ0n) is 12.6. The molecule has 0 aliphatic heterocycles. The number of phenolic OH excluding ortho intramolecular Hbond substituents is 2. The van der Waals surface area contributed by atoms with Crippen LogP contribution in [-0.2, 0) is 0 Å². The first-order valence-corrected chi connectivity index (χ1v) is 7.33. The van der Waals surface area contributed by atoms with E-state index in [1.54, 1.807) is 60.7 Å². The number of hydrogen-bond donors (Lipinski definition) is 2. The van der Waals surface area contributed by atoms with Crippen LogP contribution in [0.2, 0.25) is 0 Å². The summed E-state index contributed by atoms with van der Waals surface area (Å²) in [6.45, 7) is 0. The predicted octanol–water partition coefficient (Wildman–Crippen LogP) is 3.56. The smallest absolute Gasteiger partial charge is 0.196 e. The van der Waals surface area contributed by atoms with Gasteiger partial charge in [-0.2, -0.15) is 0 Å². The van der Waals surface area contributed by atoms with Crippen LogP contribution < -0.4 is 0 Å². The zero-order chi connectivity index (χ0) is 17.1. The SMILES string of the molecule is O=C(c1ccccc1)c1cc(O)c(O)c(C(=O)c2ccccc2)c1. The summed E-state index contributed by atoms with van der Waals surface area (Å²) in [5.74, 6) is -1.84. The van der Waals surface area contributed by atoms with Gasteiger partial charge in [-0.25, -0.2) is 0 Å². The highest BCUT2D eigenvalue weighted by Gasteiger charge is 2.20. The Morgan fingerprint density at radius 1 is 0.625 bits per heavy atom. The first kappa shape index (κ1) is 15.5. The largest absolute Gasteiger partial charge is 0.504 e. The highest BCUT2D eigenvalue weighted by Crippen LogP contribution is 2.32. The van der Waals surface area contributed by atoms with E-state index >= 15 is 0 Å². The number of aromatic hydroxyl groups is 2. The summed E-state index contributed by atoms with van der Waals surface area (Å²) in [4.78, 5) is 25.1. The molecule has 2 N–H and O–H groups in total. The van der Waals surface area contributed by atoms with Crippen LogP contribution in [0.3, 0.4) is 0 Å². The van der Waals surface area contributed by atoms with Crippen molar-refractivity contribution in [3.8, 4) is 11.5 Å². The Morgan fingerprint density at radius 2 is 1.12 bits per heavy atom. The number of hydrogen-bond acceptors (Lipinski definition) is 4. The molecule has 0 saturated heterocycles. The molecule has 0 bridgehead atoms. The van der Waals surface area contributed by atoms with Gasteiger partial charge in [0.15, 0.2) is 23.1 Å². The second kappa shape index (κ2) is 6.38. The van der Waals surface area contributed by atoms with Crippen molar-refractivity contribution in [2.24, 2.45) is 0 Å². The summed E-state index contributed by atoms with van der Waals surface area (Å²) in [6, 6.07) is 19.4. The van der Waals surface area contributed by atoms with Crippen molar-refractivity contribution in [3.05, 3.63) is 95.1 Å². The van der Waals surface area contributed by atoms with Crippen LogP contribution in [0.15, 0.2) is 72.8 Å². The fourth-order valence-corrected chi connectivity index (χ4v) is 2.42. The van der Waals surface area contributed by atoms with Crippen molar-refractivity contribution < 1.29 is 19.8 Å². The van der Waals surface area contributed by atoms with Crippen LogP contribution in [0.1, 0.15) is 31.8 Å². The number of carbonyl (C=O) groups excluding carboxylic acids is 2. The Balaban J connectivity index is 2.07. The van der Waals surface area contributed by atoms with Crippen LogP contribution in [0.5, 0.6) is 11.5 Å². The second-order valence-corrected chi connectivity index (χ2v) is 5.28. The maximum Gasteiger partial charge on any atom is 0.196 e. The van der Waals surface area contributed by atoms with Crippen LogP contribution in [0.4, 0.5) is 0 Å². The van der Waals surface area contributed by atoms with Gasteiger partial charge in [0.05, 0.1) is 5.56 Å². The standard InChI is InChI=1S/C20H14O4/c21-17-12-15(18(22)13-7-3-1-4-8-13)11-16(20(17)24)19(23)14-9-5-2-6-10-14/h1-12,21,24H. The minimum absolute atomic E-state index is 0.111. The molecule has 0 saturated carbocycles. The molecule has 4 heteroatoms. The van der Waals surface area contributed by atoms with Crippen LogP contribution in [0, 0.1) is 0 Å². The van der Waals surface area contributed by atoms with Gasteiger partial charge in [0, 0.05) is 16.7 Å². The molecule has 118 valence electrons. The molecule has 0 spiro atoms. The molecule has 0 heterocycles. The lowest BCUT2D eigenvalue weighted by atomic mass is 9.96. The molecule has 0 aromatic heterocycles. The minimum Gasteiger partial charge on any atom is -0.504 e. The van der Waals surface area contributed by atoms with E-state index in [4.69, 9.17) is 0 Å². The van der Waals surface area contributed by atoms with Crippen LogP contribution >= 0.6 is 0 Å². The summed E-state index contributed by atoms with van der Waals surface area (Å²) in [6.07, 6.45) is 0. The van der Waals surface area contributed by atoms with E-state index in [0.29, 0.717) is 11.1 Å². The van der Waals surface area contributed by atoms with Gasteiger partial charge in [-0.1, -0.05) is 60.7 Å². The molecule has 0 atom stereocenters. The van der Waals surface area contributed by atoms with E-state index < -0.39 is 17.3 Å². The van der Waals surface area contributed by atoms with E-state index in [1.807, 2.05) is 0 Å². The quantitative estimate of drug-likeness (QED) is 0.570. The number of rotatable bonds is 4. The van der Waals surface area contributed by atoms with Crippen molar-refractivity contribution in [3.63, 3.8) is 0 Å². The Labute approximate surface area is 138 Å². The van der Waals surface area contributed by atoms with Gasteiger partial charge in [0.25, 0.3) is 0 Å². The van der Waals surface area contributed by atoms with Gasteiger partial charge in [-0.3, -0.25) is 9.59 Å². The first-order chi connectivity index (χ1) is 11.6. The molecule has 0 aliphatic carbocycles. The lowest BCUT2D eigenvalue weighted by Crippen LogP contribution is -2.06. The first-order valence-electron chi connectivity index (χ1n) is 7.33. The van der Waals surface area contributed by atoms with Crippen molar-refractivity contribution in [2.45, 2.75) is 0 Å². The molecule has 0 radical (unpaired) electrons. The normalized spacial score (nSPS) is 10.3. The fourth-order valence-electron chi connectivity index (χ4n) is 2.42. The van der Waals surface area contributed by atoms with Crippen LogP contribution in [-0.4, -0.2) is 21.8 Å². The molecule has 0 unspecified atom stereocenters. The second-order valence-electron chi connectivity index (χ2n) is 5.28. The Kier molecular flexibility index (Phi) is 4.12. The third-order valence-corrected chi connectivity index (χ3v) is 3.67. The maximum absolute atomic E-state index is 12.5. The summed E-state index contributed by atoms with van der Waals surface area (Å²) >= 11 is 0. The molecular formula is C20H14O4. The zero-order valence-corrected chi connectivity index (χ0v) is 12.6. The summed E-state index contributed by atoms with van der Waals surface area (Å²) < 4.78 is 0. The van der Waals surface area contributed by atoms with E-state index in [0.717, 1.165) is 6.07 Å². The van der Waals surface area contributed by atoms with Gasteiger partial charge in [0.2, 0.25) is 0 Å². The fraction of sp³-hybridized carbons (Fsp3) is 0.